The SMILES string of the molecule is CC(O)C(N)C(=O)NC(CC(N)=O)C(=O)NC(CCCN=C(N)N)C(=O)NC(CCC(N)=O)C(=O)O. The van der Waals surface area contributed by atoms with Gasteiger partial charge in [0.15, 0.2) is 5.96 Å². The molecule has 0 heterocycles. The summed E-state index contributed by atoms with van der Waals surface area (Å²) in [6.45, 7) is 1.30. The number of aliphatic hydroxyl groups excluding tert-OH is 1. The minimum absolute atomic E-state index is 0.0662. The van der Waals surface area contributed by atoms with Crippen LogP contribution in [0, 0.1) is 0 Å². The molecule has 0 aromatic heterocycles. The van der Waals surface area contributed by atoms with Gasteiger partial charge in [-0.05, 0) is 26.2 Å². The first kappa shape index (κ1) is 32.0. The van der Waals surface area contributed by atoms with Crippen LogP contribution >= 0.6 is 0 Å². The number of guanidine groups is 1. The van der Waals surface area contributed by atoms with E-state index in [1.807, 2.05) is 0 Å². The maximum atomic E-state index is 12.8. The molecule has 0 aliphatic rings. The molecule has 5 unspecified atom stereocenters. The average Bonchev–Trinajstić information content (AvgIpc) is 2.76. The van der Waals surface area contributed by atoms with E-state index < -0.39 is 72.2 Å². The van der Waals surface area contributed by atoms with Crippen LogP contribution in [0.3, 0.4) is 0 Å². The number of carboxylic acid groups (broad SMARTS) is 1. The largest absolute Gasteiger partial charge is 0.480 e. The van der Waals surface area contributed by atoms with Crippen LogP contribution in [0.5, 0.6) is 0 Å². The van der Waals surface area contributed by atoms with Crippen molar-refractivity contribution < 1.29 is 39.0 Å². The summed E-state index contributed by atoms with van der Waals surface area (Å²) in [5.41, 5.74) is 26.2. The number of primary amides is 2. The summed E-state index contributed by atoms with van der Waals surface area (Å²) in [6, 6.07) is -5.83. The Morgan fingerprint density at radius 1 is 0.806 bits per heavy atom. The van der Waals surface area contributed by atoms with Crippen LogP contribution in [-0.2, 0) is 28.8 Å². The summed E-state index contributed by atoms with van der Waals surface area (Å²) in [4.78, 5) is 75.5. The number of rotatable bonds is 17. The molecule has 0 spiro atoms. The van der Waals surface area contributed by atoms with Gasteiger partial charge >= 0.3 is 5.97 Å². The highest BCUT2D eigenvalue weighted by Crippen LogP contribution is 2.05. The summed E-state index contributed by atoms with van der Waals surface area (Å²) < 4.78 is 0. The molecule has 15 N–H and O–H groups in total. The molecule has 0 aromatic carbocycles. The van der Waals surface area contributed by atoms with Gasteiger partial charge in [0.2, 0.25) is 29.5 Å². The molecular formula is C19H35N9O8. The predicted octanol–water partition coefficient (Wildman–Crippen LogP) is -5.57. The Morgan fingerprint density at radius 3 is 1.81 bits per heavy atom. The third-order valence-electron chi connectivity index (χ3n) is 4.73. The van der Waals surface area contributed by atoms with Crippen LogP contribution in [0.15, 0.2) is 4.99 Å². The number of nitrogens with one attached hydrogen (secondary N) is 3. The molecule has 17 nitrogen and oxygen atoms in total. The molecule has 204 valence electrons. The fourth-order valence-corrected chi connectivity index (χ4v) is 2.76. The molecule has 0 aliphatic heterocycles. The van der Waals surface area contributed by atoms with E-state index in [2.05, 4.69) is 20.9 Å². The molecule has 5 amide bonds. The van der Waals surface area contributed by atoms with E-state index in [1.54, 1.807) is 0 Å². The molecular weight excluding hydrogens is 482 g/mol. The molecule has 0 fully saturated rings. The maximum absolute atomic E-state index is 12.8. The fourth-order valence-electron chi connectivity index (χ4n) is 2.76. The van der Waals surface area contributed by atoms with Gasteiger partial charge in [-0.1, -0.05) is 0 Å². The van der Waals surface area contributed by atoms with Crippen molar-refractivity contribution in [1.82, 2.24) is 16.0 Å². The highest BCUT2D eigenvalue weighted by atomic mass is 16.4. The van der Waals surface area contributed by atoms with Crippen LogP contribution in [-0.4, -0.2) is 88.5 Å². The Bertz CT molecular complexity index is 845. The highest BCUT2D eigenvalue weighted by Gasteiger charge is 2.31. The van der Waals surface area contributed by atoms with E-state index in [1.165, 1.54) is 6.92 Å². The van der Waals surface area contributed by atoms with Crippen LogP contribution in [0.1, 0.15) is 39.0 Å². The van der Waals surface area contributed by atoms with Gasteiger partial charge in [0.05, 0.1) is 12.5 Å². The first-order valence-electron chi connectivity index (χ1n) is 10.8. The van der Waals surface area contributed by atoms with Crippen molar-refractivity contribution in [3.8, 4) is 0 Å². The minimum atomic E-state index is -1.56. The molecule has 0 radical (unpaired) electrons. The number of nitrogens with two attached hydrogens (primary N) is 5. The molecule has 0 bridgehead atoms. The van der Waals surface area contributed by atoms with E-state index in [4.69, 9.17) is 28.7 Å². The first-order chi connectivity index (χ1) is 16.6. The monoisotopic (exact) mass is 517 g/mol. The molecule has 36 heavy (non-hydrogen) atoms. The van der Waals surface area contributed by atoms with E-state index in [0.29, 0.717) is 0 Å². The summed E-state index contributed by atoms with van der Waals surface area (Å²) in [6.07, 6.45) is -2.49. The Morgan fingerprint density at radius 2 is 1.33 bits per heavy atom. The third kappa shape index (κ3) is 13.0. The van der Waals surface area contributed by atoms with Crippen LogP contribution in [0.4, 0.5) is 0 Å². The van der Waals surface area contributed by atoms with Gasteiger partial charge in [0.1, 0.15) is 24.2 Å². The number of aliphatic imine (C=N–C) groups is 1. The lowest BCUT2D eigenvalue weighted by Crippen LogP contribution is -2.58. The zero-order chi connectivity index (χ0) is 28.0. The second-order valence-electron chi connectivity index (χ2n) is 7.91. The molecule has 0 aliphatic carbocycles. The van der Waals surface area contributed by atoms with Gasteiger partial charge in [0.25, 0.3) is 0 Å². The van der Waals surface area contributed by atoms with Crippen LogP contribution in [0.25, 0.3) is 0 Å². The topological polar surface area (TPSA) is 321 Å². The number of nitrogens with zero attached hydrogens (tertiary/aromatic N) is 1. The van der Waals surface area contributed by atoms with Gasteiger partial charge in [-0.3, -0.25) is 29.0 Å². The summed E-state index contributed by atoms with van der Waals surface area (Å²) in [7, 11) is 0. The Kier molecular flexibility index (Phi) is 14.1. The smallest absolute Gasteiger partial charge is 0.326 e. The lowest BCUT2D eigenvalue weighted by Gasteiger charge is -2.25. The number of aliphatic carboxylic acids is 1. The van der Waals surface area contributed by atoms with Gasteiger partial charge in [0, 0.05) is 13.0 Å². The first-order valence-corrected chi connectivity index (χ1v) is 10.8. The predicted molar refractivity (Wildman–Crippen MR) is 125 cm³/mol. The number of carbonyl (C=O) groups excluding carboxylic acids is 5. The quantitative estimate of drug-likeness (QED) is 0.0492. The fraction of sp³-hybridized carbons (Fsp3) is 0.632. The third-order valence-corrected chi connectivity index (χ3v) is 4.73. The van der Waals surface area contributed by atoms with E-state index >= 15 is 0 Å². The molecule has 0 aromatic rings. The average molecular weight is 518 g/mol. The molecule has 17 heteroatoms. The lowest BCUT2D eigenvalue weighted by atomic mass is 10.1. The Hall–Kier alpha value is -3.99. The van der Waals surface area contributed by atoms with Crippen molar-refractivity contribution in [2.24, 2.45) is 33.7 Å². The highest BCUT2D eigenvalue weighted by molar-refractivity contribution is 5.96. The van der Waals surface area contributed by atoms with E-state index in [9.17, 15) is 39.0 Å². The summed E-state index contributed by atoms with van der Waals surface area (Å²) >= 11 is 0. The zero-order valence-electron chi connectivity index (χ0n) is 19.8. The van der Waals surface area contributed by atoms with E-state index in [0.717, 1.165) is 0 Å². The normalized spacial score (nSPS) is 14.8. The summed E-state index contributed by atoms with van der Waals surface area (Å²) in [5, 5.41) is 25.5. The second-order valence-corrected chi connectivity index (χ2v) is 7.91. The van der Waals surface area contributed by atoms with Crippen molar-refractivity contribution in [1.29, 1.82) is 0 Å². The van der Waals surface area contributed by atoms with Crippen LogP contribution in [0.2, 0.25) is 0 Å². The van der Waals surface area contributed by atoms with Gasteiger partial charge in [-0.2, -0.15) is 0 Å². The Balaban J connectivity index is 5.68. The van der Waals surface area contributed by atoms with E-state index in [-0.39, 0.29) is 38.2 Å². The standard InChI is InChI=1S/C19H35N9O8/c1-8(29)14(22)17(34)28-11(7-13(21)31)16(33)26-9(3-2-6-25-19(23)24)15(32)27-10(18(35)36)4-5-12(20)30/h8-11,14,29H,2-7,22H2,1H3,(H2,20,30)(H2,21,31)(H,26,33)(H,27,32)(H,28,34)(H,35,36)(H4,23,24,25). The minimum Gasteiger partial charge on any atom is -0.480 e. The molecule has 5 atom stereocenters. The Labute approximate surface area is 206 Å². The number of hydrogen-bond donors (Lipinski definition) is 10. The van der Waals surface area contributed by atoms with Crippen molar-refractivity contribution >= 4 is 41.5 Å². The number of carbonyl (C=O) groups is 6. The molecule has 0 rings (SSSR count). The van der Waals surface area contributed by atoms with Crippen molar-refractivity contribution in [2.75, 3.05) is 6.54 Å². The van der Waals surface area contributed by atoms with Gasteiger partial charge in [-0.15, -0.1) is 0 Å². The molecule has 0 saturated carbocycles. The van der Waals surface area contributed by atoms with Gasteiger partial charge < -0.3 is 54.8 Å². The second kappa shape index (κ2) is 15.8. The molecule has 0 saturated heterocycles. The summed E-state index contributed by atoms with van der Waals surface area (Å²) in [5.74, 6) is -6.30. The van der Waals surface area contributed by atoms with Crippen molar-refractivity contribution in [2.45, 2.75) is 69.3 Å². The van der Waals surface area contributed by atoms with Crippen molar-refractivity contribution in [3.05, 3.63) is 0 Å². The zero-order valence-corrected chi connectivity index (χ0v) is 19.8. The number of amides is 5. The van der Waals surface area contributed by atoms with Gasteiger partial charge in [-0.25, -0.2) is 4.79 Å². The number of hydrogen-bond acceptors (Lipinski definition) is 9. The number of carboxylic acids is 1. The maximum Gasteiger partial charge on any atom is 0.326 e. The lowest BCUT2D eigenvalue weighted by molar-refractivity contribution is -0.142. The van der Waals surface area contributed by atoms with Crippen molar-refractivity contribution in [3.63, 3.8) is 0 Å². The van der Waals surface area contributed by atoms with Crippen LogP contribution < -0.4 is 44.6 Å². The number of aliphatic hydroxyl groups is 1.